The zero-order valence-electron chi connectivity index (χ0n) is 9.92. The number of aryl methyl sites for hydroxylation is 1. The van der Waals surface area contributed by atoms with Crippen molar-refractivity contribution in [1.82, 2.24) is 9.78 Å². The number of carbonyl (C=O) groups excluding carboxylic acids is 1. The smallest absolute Gasteiger partial charge is 0.246 e. The number of anilines is 2. The SMILES string of the molecule is Cc1ccc(NC(=O)Cn2ccc(N)n2)c(O)c1. The number of nitrogens with two attached hydrogens (primary N) is 1. The average molecular weight is 246 g/mol. The molecule has 1 aromatic heterocycles. The Morgan fingerprint density at radius 1 is 1.50 bits per heavy atom. The quantitative estimate of drug-likeness (QED) is 0.707. The summed E-state index contributed by atoms with van der Waals surface area (Å²) in [4.78, 5) is 11.7. The Balaban J connectivity index is 2.03. The van der Waals surface area contributed by atoms with Gasteiger partial charge in [-0.1, -0.05) is 6.07 Å². The average Bonchev–Trinajstić information content (AvgIpc) is 2.68. The molecule has 0 atom stereocenters. The fourth-order valence-electron chi connectivity index (χ4n) is 1.55. The van der Waals surface area contributed by atoms with E-state index in [2.05, 4.69) is 10.4 Å². The fourth-order valence-corrected chi connectivity index (χ4v) is 1.55. The monoisotopic (exact) mass is 246 g/mol. The predicted molar refractivity (Wildman–Crippen MR) is 68.1 cm³/mol. The van der Waals surface area contributed by atoms with Crippen LogP contribution in [0.1, 0.15) is 5.56 Å². The molecule has 0 aliphatic rings. The Bertz CT molecular complexity index is 577. The molecule has 0 bridgehead atoms. The number of nitrogens with zero attached hydrogens (tertiary/aromatic N) is 2. The van der Waals surface area contributed by atoms with Gasteiger partial charge in [0.1, 0.15) is 18.1 Å². The highest BCUT2D eigenvalue weighted by Crippen LogP contribution is 2.23. The number of hydrogen-bond acceptors (Lipinski definition) is 4. The third-order valence-corrected chi connectivity index (χ3v) is 2.39. The second kappa shape index (κ2) is 4.79. The second-order valence-electron chi connectivity index (χ2n) is 4.01. The van der Waals surface area contributed by atoms with Crippen molar-refractivity contribution < 1.29 is 9.90 Å². The van der Waals surface area contributed by atoms with Gasteiger partial charge >= 0.3 is 0 Å². The molecule has 1 amide bonds. The van der Waals surface area contributed by atoms with E-state index >= 15 is 0 Å². The Kier molecular flexibility index (Phi) is 3.18. The summed E-state index contributed by atoms with van der Waals surface area (Å²) in [5, 5.41) is 16.2. The van der Waals surface area contributed by atoms with Crippen LogP contribution >= 0.6 is 0 Å². The van der Waals surface area contributed by atoms with Crippen LogP contribution in [-0.4, -0.2) is 20.8 Å². The molecule has 6 nitrogen and oxygen atoms in total. The molecule has 1 heterocycles. The van der Waals surface area contributed by atoms with Gasteiger partial charge in [-0.2, -0.15) is 5.10 Å². The molecule has 94 valence electrons. The highest BCUT2D eigenvalue weighted by Gasteiger charge is 2.07. The van der Waals surface area contributed by atoms with Crippen molar-refractivity contribution in [3.63, 3.8) is 0 Å². The molecule has 0 saturated carbocycles. The number of amides is 1. The van der Waals surface area contributed by atoms with Gasteiger partial charge in [-0.3, -0.25) is 9.48 Å². The Morgan fingerprint density at radius 3 is 2.89 bits per heavy atom. The van der Waals surface area contributed by atoms with Crippen LogP contribution in [0.5, 0.6) is 5.75 Å². The molecule has 0 aliphatic carbocycles. The molecule has 2 aromatic rings. The lowest BCUT2D eigenvalue weighted by Gasteiger charge is -2.07. The van der Waals surface area contributed by atoms with E-state index in [4.69, 9.17) is 5.73 Å². The normalized spacial score (nSPS) is 10.3. The van der Waals surface area contributed by atoms with Crippen molar-refractivity contribution in [1.29, 1.82) is 0 Å². The minimum Gasteiger partial charge on any atom is -0.506 e. The summed E-state index contributed by atoms with van der Waals surface area (Å²) < 4.78 is 1.43. The highest BCUT2D eigenvalue weighted by molar-refractivity contribution is 5.92. The zero-order valence-corrected chi connectivity index (χ0v) is 9.92. The lowest BCUT2D eigenvalue weighted by atomic mass is 10.2. The molecule has 0 fully saturated rings. The van der Waals surface area contributed by atoms with E-state index in [1.807, 2.05) is 6.92 Å². The number of carbonyl (C=O) groups is 1. The van der Waals surface area contributed by atoms with Gasteiger partial charge in [0.15, 0.2) is 0 Å². The maximum atomic E-state index is 11.7. The molecule has 0 radical (unpaired) electrons. The first-order valence-corrected chi connectivity index (χ1v) is 5.43. The first-order chi connectivity index (χ1) is 8.54. The Hall–Kier alpha value is -2.50. The maximum absolute atomic E-state index is 11.7. The van der Waals surface area contributed by atoms with Crippen LogP contribution in [-0.2, 0) is 11.3 Å². The van der Waals surface area contributed by atoms with Crippen molar-refractivity contribution in [2.45, 2.75) is 13.5 Å². The van der Waals surface area contributed by atoms with Crippen LogP contribution in [0.15, 0.2) is 30.5 Å². The van der Waals surface area contributed by atoms with Gasteiger partial charge in [-0.05, 0) is 30.7 Å². The van der Waals surface area contributed by atoms with Crippen LogP contribution in [0.2, 0.25) is 0 Å². The molecule has 18 heavy (non-hydrogen) atoms. The fraction of sp³-hybridized carbons (Fsp3) is 0.167. The van der Waals surface area contributed by atoms with E-state index in [0.717, 1.165) is 5.56 Å². The van der Waals surface area contributed by atoms with E-state index in [1.165, 1.54) is 4.68 Å². The number of phenols is 1. The second-order valence-corrected chi connectivity index (χ2v) is 4.01. The lowest BCUT2D eigenvalue weighted by Crippen LogP contribution is -2.19. The molecule has 1 aromatic carbocycles. The van der Waals surface area contributed by atoms with Gasteiger partial charge < -0.3 is 16.2 Å². The van der Waals surface area contributed by atoms with E-state index in [1.54, 1.807) is 30.5 Å². The summed E-state index contributed by atoms with van der Waals surface area (Å²) in [5.41, 5.74) is 6.75. The molecule has 0 unspecified atom stereocenters. The summed E-state index contributed by atoms with van der Waals surface area (Å²) in [5.74, 6) is 0.126. The molecule has 4 N–H and O–H groups in total. The molecule has 6 heteroatoms. The van der Waals surface area contributed by atoms with E-state index in [0.29, 0.717) is 11.5 Å². The van der Waals surface area contributed by atoms with Gasteiger partial charge in [-0.15, -0.1) is 0 Å². The van der Waals surface area contributed by atoms with Crippen LogP contribution in [0.25, 0.3) is 0 Å². The summed E-state index contributed by atoms with van der Waals surface area (Å²) in [6, 6.07) is 6.65. The number of aromatic nitrogens is 2. The number of aromatic hydroxyl groups is 1. The van der Waals surface area contributed by atoms with Crippen LogP contribution in [0.3, 0.4) is 0 Å². The van der Waals surface area contributed by atoms with E-state index in [-0.39, 0.29) is 18.2 Å². The van der Waals surface area contributed by atoms with Crippen LogP contribution < -0.4 is 11.1 Å². The third kappa shape index (κ3) is 2.79. The molecule has 0 saturated heterocycles. The Labute approximate surface area is 104 Å². The van der Waals surface area contributed by atoms with Crippen LogP contribution in [0, 0.1) is 6.92 Å². The van der Waals surface area contributed by atoms with E-state index < -0.39 is 0 Å². The van der Waals surface area contributed by atoms with Gasteiger partial charge in [-0.25, -0.2) is 0 Å². The molecule has 2 rings (SSSR count). The maximum Gasteiger partial charge on any atom is 0.246 e. The van der Waals surface area contributed by atoms with Crippen molar-refractivity contribution in [3.05, 3.63) is 36.0 Å². The van der Waals surface area contributed by atoms with Crippen molar-refractivity contribution in [2.75, 3.05) is 11.1 Å². The summed E-state index contributed by atoms with van der Waals surface area (Å²) in [6.45, 7) is 1.91. The van der Waals surface area contributed by atoms with E-state index in [9.17, 15) is 9.90 Å². The standard InChI is InChI=1S/C12H14N4O2/c1-8-2-3-9(10(17)6-8)14-12(18)7-16-5-4-11(13)15-16/h2-6,17H,7H2,1H3,(H2,13,15)(H,14,18). The van der Waals surface area contributed by atoms with Gasteiger partial charge in [0.25, 0.3) is 0 Å². The number of nitrogen functional groups attached to an aromatic ring is 1. The summed E-state index contributed by atoms with van der Waals surface area (Å²) in [7, 11) is 0. The number of hydrogen-bond donors (Lipinski definition) is 3. The number of rotatable bonds is 3. The molecule has 0 spiro atoms. The zero-order chi connectivity index (χ0) is 13.1. The van der Waals surface area contributed by atoms with Crippen LogP contribution in [0.4, 0.5) is 11.5 Å². The lowest BCUT2D eigenvalue weighted by molar-refractivity contribution is -0.116. The number of nitrogens with one attached hydrogen (secondary N) is 1. The van der Waals surface area contributed by atoms with Crippen molar-refractivity contribution in [2.24, 2.45) is 0 Å². The largest absolute Gasteiger partial charge is 0.506 e. The predicted octanol–water partition coefficient (Wildman–Crippen LogP) is 1.12. The van der Waals surface area contributed by atoms with Gasteiger partial charge in [0, 0.05) is 6.20 Å². The van der Waals surface area contributed by atoms with Crippen molar-refractivity contribution >= 4 is 17.4 Å². The number of benzene rings is 1. The van der Waals surface area contributed by atoms with Gasteiger partial charge in [0.2, 0.25) is 5.91 Å². The first kappa shape index (κ1) is 12.0. The van der Waals surface area contributed by atoms with Gasteiger partial charge in [0.05, 0.1) is 5.69 Å². The topological polar surface area (TPSA) is 93.2 Å². The molecule has 0 aliphatic heterocycles. The Morgan fingerprint density at radius 2 is 2.28 bits per heavy atom. The third-order valence-electron chi connectivity index (χ3n) is 2.39. The molecular formula is C12H14N4O2. The minimum absolute atomic E-state index is 0.0447. The number of phenolic OH excluding ortho intramolecular Hbond substituents is 1. The first-order valence-electron chi connectivity index (χ1n) is 5.43. The minimum atomic E-state index is -0.280. The summed E-state index contributed by atoms with van der Waals surface area (Å²) >= 11 is 0. The summed E-state index contributed by atoms with van der Waals surface area (Å²) in [6.07, 6.45) is 1.61. The molecular weight excluding hydrogens is 232 g/mol. The highest BCUT2D eigenvalue weighted by atomic mass is 16.3. The van der Waals surface area contributed by atoms with Crippen molar-refractivity contribution in [3.8, 4) is 5.75 Å².